The lowest BCUT2D eigenvalue weighted by molar-refractivity contribution is -0.133. The first-order valence-electron chi connectivity index (χ1n) is 15.6. The fraction of sp³-hybridized carbons (Fsp3) is 0.647. The summed E-state index contributed by atoms with van der Waals surface area (Å²) in [5.74, 6) is -0.456. The molecule has 240 valence electrons. The third-order valence-electron chi connectivity index (χ3n) is 9.61. The van der Waals surface area contributed by atoms with E-state index in [4.69, 9.17) is 20.9 Å². The lowest BCUT2D eigenvalue weighted by Crippen LogP contribution is -2.59. The van der Waals surface area contributed by atoms with Crippen LogP contribution in [0.5, 0.6) is 0 Å². The number of ether oxygens (including phenoxy) is 2. The normalized spacial score (nSPS) is 28.8. The van der Waals surface area contributed by atoms with E-state index in [-0.39, 0.29) is 11.8 Å². The molecule has 0 aromatic rings. The Bertz CT molecular complexity index is 1440. The van der Waals surface area contributed by atoms with Crippen molar-refractivity contribution in [3.63, 3.8) is 0 Å². The van der Waals surface area contributed by atoms with Gasteiger partial charge in [0.1, 0.15) is 12.2 Å². The van der Waals surface area contributed by atoms with E-state index < -0.39 is 45.7 Å². The highest BCUT2D eigenvalue weighted by molar-refractivity contribution is 5.91. The zero-order valence-corrected chi connectivity index (χ0v) is 26.9. The van der Waals surface area contributed by atoms with Crippen LogP contribution in [0.3, 0.4) is 0 Å². The summed E-state index contributed by atoms with van der Waals surface area (Å²) >= 11 is 0. The molecule has 0 bridgehead atoms. The molecule has 0 saturated carbocycles. The minimum Gasteiger partial charge on any atom is -0.492 e. The van der Waals surface area contributed by atoms with Crippen molar-refractivity contribution in [1.29, 1.82) is 31.6 Å². The SMILES string of the molecule is CC(C)C[C@@H]1OC2=C(CCCC2)[C@@](C#N)(C(N)=O)C1(C#N)C#N.CC(C)C[C@@H]1OC2=C(CCCC2)[C@@](C#N)(C(N)=O)C1(C#N)C#N. The van der Waals surface area contributed by atoms with Crippen LogP contribution in [0.15, 0.2) is 22.7 Å². The number of rotatable bonds is 6. The second kappa shape index (κ2) is 13.5. The van der Waals surface area contributed by atoms with Crippen molar-refractivity contribution >= 4 is 11.8 Å². The van der Waals surface area contributed by atoms with Crippen LogP contribution < -0.4 is 11.5 Å². The monoisotopic (exact) mass is 624 g/mol. The molecule has 0 spiro atoms. The van der Waals surface area contributed by atoms with E-state index in [2.05, 4.69) is 0 Å². The van der Waals surface area contributed by atoms with Gasteiger partial charge in [-0.25, -0.2) is 0 Å². The number of amides is 2. The zero-order chi connectivity index (χ0) is 34.5. The fourth-order valence-corrected chi connectivity index (χ4v) is 7.37. The van der Waals surface area contributed by atoms with Crippen LogP contribution >= 0.6 is 0 Å². The lowest BCUT2D eigenvalue weighted by atomic mass is 9.54. The first kappa shape index (κ1) is 35.4. The third kappa shape index (κ3) is 5.10. The Balaban J connectivity index is 0.000000250. The predicted octanol–water partition coefficient (Wildman–Crippen LogP) is 4.58. The van der Waals surface area contributed by atoms with Gasteiger partial charge in [-0.05, 0) is 74.3 Å². The van der Waals surface area contributed by atoms with Crippen LogP contribution in [0.25, 0.3) is 0 Å². The molecular weight excluding hydrogens is 584 g/mol. The van der Waals surface area contributed by atoms with Crippen molar-refractivity contribution in [2.45, 2.75) is 104 Å². The number of carbonyl (C=O) groups excluding carboxylic acids is 2. The van der Waals surface area contributed by atoms with Crippen LogP contribution in [0, 0.1) is 101 Å². The molecular formula is C34H40N8O4. The fourth-order valence-electron chi connectivity index (χ4n) is 7.37. The Hall–Kier alpha value is -5.04. The Labute approximate surface area is 270 Å². The predicted molar refractivity (Wildman–Crippen MR) is 161 cm³/mol. The topological polar surface area (TPSA) is 247 Å². The van der Waals surface area contributed by atoms with Crippen LogP contribution in [-0.2, 0) is 19.1 Å². The van der Waals surface area contributed by atoms with E-state index in [1.165, 1.54) is 0 Å². The maximum atomic E-state index is 12.3. The second-order valence-electron chi connectivity index (χ2n) is 13.2. The number of carbonyl (C=O) groups is 2. The quantitative estimate of drug-likeness (QED) is 0.416. The highest BCUT2D eigenvalue weighted by Gasteiger charge is 2.69. The highest BCUT2D eigenvalue weighted by Crippen LogP contribution is 2.58. The van der Waals surface area contributed by atoms with Gasteiger partial charge in [-0.15, -0.1) is 0 Å². The summed E-state index contributed by atoms with van der Waals surface area (Å²) in [6.45, 7) is 7.75. The molecule has 4 N–H and O–H groups in total. The van der Waals surface area contributed by atoms with E-state index >= 15 is 0 Å². The van der Waals surface area contributed by atoms with Crippen molar-refractivity contribution in [3.05, 3.63) is 22.7 Å². The summed E-state index contributed by atoms with van der Waals surface area (Å²) < 4.78 is 12.0. The summed E-state index contributed by atoms with van der Waals surface area (Å²) in [5.41, 5.74) is 4.31. The average Bonchev–Trinajstić information content (AvgIpc) is 3.03. The third-order valence-corrected chi connectivity index (χ3v) is 9.61. The molecule has 4 rings (SSSR count). The molecule has 2 heterocycles. The zero-order valence-electron chi connectivity index (χ0n) is 26.9. The summed E-state index contributed by atoms with van der Waals surface area (Å²) in [6, 6.07) is 11.7. The van der Waals surface area contributed by atoms with Crippen molar-refractivity contribution in [1.82, 2.24) is 0 Å². The molecule has 0 fully saturated rings. The van der Waals surface area contributed by atoms with Crippen LogP contribution in [0.4, 0.5) is 0 Å². The van der Waals surface area contributed by atoms with Gasteiger partial charge >= 0.3 is 0 Å². The van der Waals surface area contributed by atoms with Crippen molar-refractivity contribution < 1.29 is 19.1 Å². The molecule has 12 nitrogen and oxygen atoms in total. The average molecular weight is 625 g/mol. The van der Waals surface area contributed by atoms with E-state index in [0.29, 0.717) is 61.2 Å². The smallest absolute Gasteiger partial charge is 0.245 e. The van der Waals surface area contributed by atoms with Gasteiger partial charge in [0.15, 0.2) is 10.8 Å². The Morgan fingerprint density at radius 2 is 0.935 bits per heavy atom. The highest BCUT2D eigenvalue weighted by atomic mass is 16.5. The Morgan fingerprint density at radius 3 is 1.17 bits per heavy atom. The number of nitriles is 6. The number of hydrogen-bond donors (Lipinski definition) is 2. The molecule has 12 heteroatoms. The van der Waals surface area contributed by atoms with E-state index in [0.717, 1.165) is 25.7 Å². The van der Waals surface area contributed by atoms with Crippen LogP contribution in [-0.4, -0.2) is 24.0 Å². The minimum atomic E-state index is -1.94. The van der Waals surface area contributed by atoms with Crippen molar-refractivity contribution in [2.24, 2.45) is 45.0 Å². The van der Waals surface area contributed by atoms with E-state index in [9.17, 15) is 41.2 Å². The van der Waals surface area contributed by atoms with Gasteiger partial charge in [0.05, 0.1) is 47.9 Å². The van der Waals surface area contributed by atoms with E-state index in [1.54, 1.807) is 0 Å². The second-order valence-corrected chi connectivity index (χ2v) is 13.2. The molecule has 4 aliphatic rings. The number of nitrogens with zero attached hydrogens (tertiary/aromatic N) is 6. The van der Waals surface area contributed by atoms with Gasteiger partial charge in [-0.2, -0.15) is 31.6 Å². The van der Waals surface area contributed by atoms with Gasteiger partial charge in [0, 0.05) is 12.8 Å². The Morgan fingerprint density at radius 1 is 0.630 bits per heavy atom. The summed E-state index contributed by atoms with van der Waals surface area (Å²) in [6.07, 6.45) is 4.55. The Kier molecular flexibility index (Phi) is 10.4. The number of allylic oxidation sites excluding steroid dienone is 2. The van der Waals surface area contributed by atoms with Gasteiger partial charge < -0.3 is 20.9 Å². The summed E-state index contributed by atoms with van der Waals surface area (Å²) in [7, 11) is 0. The molecule has 0 radical (unpaired) electrons. The van der Waals surface area contributed by atoms with Crippen LogP contribution in [0.2, 0.25) is 0 Å². The van der Waals surface area contributed by atoms with Gasteiger partial charge in [0.25, 0.3) is 0 Å². The first-order chi connectivity index (χ1) is 21.8. The number of primary amides is 2. The maximum absolute atomic E-state index is 12.3. The first-order valence-corrected chi connectivity index (χ1v) is 15.6. The summed E-state index contributed by atoms with van der Waals surface area (Å²) in [4.78, 5) is 24.7. The molecule has 4 atom stereocenters. The molecule has 0 unspecified atom stereocenters. The van der Waals surface area contributed by atoms with E-state index in [1.807, 2.05) is 64.1 Å². The van der Waals surface area contributed by atoms with Gasteiger partial charge in [-0.3, -0.25) is 9.59 Å². The molecule has 2 aliphatic carbocycles. The van der Waals surface area contributed by atoms with Crippen LogP contribution in [0.1, 0.15) is 91.9 Å². The summed E-state index contributed by atoms with van der Waals surface area (Å²) in [5, 5.41) is 58.9. The molecule has 46 heavy (non-hydrogen) atoms. The number of hydrogen-bond acceptors (Lipinski definition) is 10. The molecule has 2 amide bonds. The van der Waals surface area contributed by atoms with Crippen molar-refractivity contribution in [2.75, 3.05) is 0 Å². The standard InChI is InChI=1S/2C17H20N4O2/c2*1-11(2)7-14-16(8-18,9-19)17(10-20,15(21)22)12-5-3-4-6-13(12)23-14/h2*11,14H,3-7H2,1-2H3,(H2,21,22)/t2*14-,17-/m00/s1. The molecule has 0 saturated heterocycles. The molecule has 2 aliphatic heterocycles. The largest absolute Gasteiger partial charge is 0.492 e. The lowest BCUT2D eigenvalue weighted by Gasteiger charge is -2.47. The van der Waals surface area contributed by atoms with Gasteiger partial charge in [-0.1, -0.05) is 27.7 Å². The number of nitrogens with two attached hydrogens (primary N) is 2. The molecule has 0 aromatic heterocycles. The van der Waals surface area contributed by atoms with Crippen molar-refractivity contribution in [3.8, 4) is 36.4 Å². The van der Waals surface area contributed by atoms with Gasteiger partial charge in [0.2, 0.25) is 22.6 Å². The molecule has 0 aromatic carbocycles. The minimum absolute atomic E-state index is 0.135. The maximum Gasteiger partial charge on any atom is 0.245 e.